The van der Waals surface area contributed by atoms with Gasteiger partial charge in [-0.3, -0.25) is 19.3 Å². The second kappa shape index (κ2) is 5.52. The molecule has 1 aliphatic carbocycles. The van der Waals surface area contributed by atoms with Gasteiger partial charge in [0.2, 0.25) is 5.91 Å². The fourth-order valence-electron chi connectivity index (χ4n) is 2.80. The van der Waals surface area contributed by atoms with Crippen LogP contribution in [0.4, 0.5) is 5.13 Å². The Morgan fingerprint density at radius 3 is 2.46 bits per heavy atom. The standard InChI is InChI=1S/C17H15N3O3S/c1-9(14(21)19-17-18-13(8-24-17)10-6-7-10)20-15(22)11-4-2-3-5-12(11)16(20)23/h2-5,8-10H,6-7H2,1H3,(H,18,19,21). The molecule has 0 spiro atoms. The van der Waals surface area contributed by atoms with Gasteiger partial charge in [-0.1, -0.05) is 12.1 Å². The van der Waals surface area contributed by atoms with Gasteiger partial charge in [-0.25, -0.2) is 4.98 Å². The zero-order valence-electron chi connectivity index (χ0n) is 13.0. The molecule has 4 rings (SSSR count). The molecule has 2 aromatic rings. The molecular weight excluding hydrogens is 326 g/mol. The number of thiazole rings is 1. The van der Waals surface area contributed by atoms with Crippen LogP contribution in [0.3, 0.4) is 0 Å². The molecule has 0 bridgehead atoms. The lowest BCUT2D eigenvalue weighted by atomic mass is 10.1. The van der Waals surface area contributed by atoms with Crippen molar-refractivity contribution in [1.29, 1.82) is 0 Å². The molecule has 1 unspecified atom stereocenters. The maximum atomic E-state index is 12.4. The number of nitrogens with zero attached hydrogens (tertiary/aromatic N) is 2. The van der Waals surface area contributed by atoms with Crippen molar-refractivity contribution in [1.82, 2.24) is 9.88 Å². The van der Waals surface area contributed by atoms with Crippen molar-refractivity contribution >= 4 is 34.2 Å². The number of anilines is 1. The first-order valence-electron chi connectivity index (χ1n) is 7.79. The van der Waals surface area contributed by atoms with Crippen LogP contribution in [0.25, 0.3) is 0 Å². The van der Waals surface area contributed by atoms with E-state index in [1.807, 2.05) is 5.38 Å². The Morgan fingerprint density at radius 1 is 1.25 bits per heavy atom. The average Bonchev–Trinajstić information content (AvgIpc) is 3.28. The van der Waals surface area contributed by atoms with Crippen LogP contribution in [0.2, 0.25) is 0 Å². The predicted octanol–water partition coefficient (Wildman–Crippen LogP) is 2.64. The molecule has 7 heteroatoms. The number of benzene rings is 1. The van der Waals surface area contributed by atoms with E-state index in [1.54, 1.807) is 31.2 Å². The summed E-state index contributed by atoms with van der Waals surface area (Å²) in [5, 5.41) is 5.16. The third kappa shape index (κ3) is 2.41. The first-order chi connectivity index (χ1) is 11.6. The van der Waals surface area contributed by atoms with E-state index in [-0.39, 0.29) is 0 Å². The molecule has 122 valence electrons. The molecule has 24 heavy (non-hydrogen) atoms. The second-order valence-corrected chi connectivity index (χ2v) is 6.90. The van der Waals surface area contributed by atoms with Gasteiger partial charge in [0.1, 0.15) is 6.04 Å². The van der Waals surface area contributed by atoms with Gasteiger partial charge in [0.25, 0.3) is 11.8 Å². The van der Waals surface area contributed by atoms with Crippen LogP contribution < -0.4 is 5.32 Å². The third-order valence-corrected chi connectivity index (χ3v) is 5.12. The Labute approximate surface area is 142 Å². The van der Waals surface area contributed by atoms with E-state index in [1.165, 1.54) is 11.3 Å². The summed E-state index contributed by atoms with van der Waals surface area (Å²) < 4.78 is 0. The lowest BCUT2D eigenvalue weighted by Crippen LogP contribution is -2.45. The van der Waals surface area contributed by atoms with Crippen molar-refractivity contribution in [3.05, 3.63) is 46.5 Å². The van der Waals surface area contributed by atoms with E-state index in [0.29, 0.717) is 22.2 Å². The molecular formula is C17H15N3O3S. The number of amides is 3. The molecule has 2 aliphatic rings. The summed E-state index contributed by atoms with van der Waals surface area (Å²) in [5.74, 6) is -0.770. The SMILES string of the molecule is CC(C(=O)Nc1nc(C2CC2)cs1)N1C(=O)c2ccccc2C1=O. The summed E-state index contributed by atoms with van der Waals surface area (Å²) in [6.45, 7) is 1.55. The highest BCUT2D eigenvalue weighted by molar-refractivity contribution is 7.14. The van der Waals surface area contributed by atoms with Crippen LogP contribution in [0.5, 0.6) is 0 Å². The number of fused-ring (bicyclic) bond motifs is 1. The minimum atomic E-state index is -0.898. The van der Waals surface area contributed by atoms with Gasteiger partial charge < -0.3 is 5.32 Å². The minimum Gasteiger partial charge on any atom is -0.300 e. The van der Waals surface area contributed by atoms with Gasteiger partial charge in [0, 0.05) is 11.3 Å². The molecule has 1 atom stereocenters. The first-order valence-corrected chi connectivity index (χ1v) is 8.67. The van der Waals surface area contributed by atoms with Crippen LogP contribution in [-0.2, 0) is 4.79 Å². The zero-order chi connectivity index (χ0) is 16.8. The molecule has 1 aromatic carbocycles. The molecule has 1 aliphatic heterocycles. The smallest absolute Gasteiger partial charge is 0.262 e. The van der Waals surface area contributed by atoms with Crippen LogP contribution in [-0.4, -0.2) is 33.6 Å². The van der Waals surface area contributed by atoms with Gasteiger partial charge in [-0.05, 0) is 31.9 Å². The topological polar surface area (TPSA) is 79.4 Å². The van der Waals surface area contributed by atoms with Gasteiger partial charge in [0.05, 0.1) is 16.8 Å². The number of aromatic nitrogens is 1. The Hall–Kier alpha value is -2.54. The van der Waals surface area contributed by atoms with E-state index >= 15 is 0 Å². The number of nitrogens with one attached hydrogen (secondary N) is 1. The molecule has 1 fully saturated rings. The minimum absolute atomic E-state index is 0.340. The molecule has 3 amide bonds. The lowest BCUT2D eigenvalue weighted by Gasteiger charge is -2.21. The normalized spacial score (nSPS) is 17.8. The molecule has 2 heterocycles. The molecule has 1 N–H and O–H groups in total. The summed E-state index contributed by atoms with van der Waals surface area (Å²) >= 11 is 1.36. The van der Waals surface area contributed by atoms with E-state index in [4.69, 9.17) is 0 Å². The van der Waals surface area contributed by atoms with Crippen LogP contribution >= 0.6 is 11.3 Å². The number of carbonyl (C=O) groups is 3. The lowest BCUT2D eigenvalue weighted by molar-refractivity contribution is -0.119. The van der Waals surface area contributed by atoms with E-state index in [0.717, 1.165) is 23.4 Å². The maximum absolute atomic E-state index is 12.4. The van der Waals surface area contributed by atoms with Crippen molar-refractivity contribution in [2.75, 3.05) is 5.32 Å². The number of carbonyl (C=O) groups excluding carboxylic acids is 3. The summed E-state index contributed by atoms with van der Waals surface area (Å²) in [6.07, 6.45) is 2.28. The molecule has 0 saturated heterocycles. The molecule has 0 radical (unpaired) electrons. The Morgan fingerprint density at radius 2 is 1.88 bits per heavy atom. The Bertz CT molecular complexity index is 821. The van der Waals surface area contributed by atoms with Gasteiger partial charge in [0.15, 0.2) is 5.13 Å². The van der Waals surface area contributed by atoms with Crippen molar-refractivity contribution < 1.29 is 14.4 Å². The molecule has 6 nitrogen and oxygen atoms in total. The maximum Gasteiger partial charge on any atom is 0.262 e. The highest BCUT2D eigenvalue weighted by Gasteiger charge is 2.40. The fourth-order valence-corrected chi connectivity index (χ4v) is 3.59. The van der Waals surface area contributed by atoms with E-state index in [2.05, 4.69) is 10.3 Å². The number of hydrogen-bond donors (Lipinski definition) is 1. The summed E-state index contributed by atoms with van der Waals surface area (Å²) in [7, 11) is 0. The summed E-state index contributed by atoms with van der Waals surface area (Å²) in [4.78, 5) is 42.7. The number of rotatable bonds is 4. The molecule has 1 saturated carbocycles. The fraction of sp³-hybridized carbons (Fsp3) is 0.294. The molecule has 1 aromatic heterocycles. The Balaban J connectivity index is 1.50. The van der Waals surface area contributed by atoms with Gasteiger partial charge >= 0.3 is 0 Å². The second-order valence-electron chi connectivity index (χ2n) is 6.04. The van der Waals surface area contributed by atoms with Crippen molar-refractivity contribution in [2.45, 2.75) is 31.7 Å². The quantitative estimate of drug-likeness (QED) is 0.867. The monoisotopic (exact) mass is 341 g/mol. The van der Waals surface area contributed by atoms with E-state index in [9.17, 15) is 14.4 Å². The third-order valence-electron chi connectivity index (χ3n) is 4.34. The van der Waals surface area contributed by atoms with Crippen LogP contribution in [0, 0.1) is 0 Å². The Kier molecular flexibility index (Phi) is 3.45. The zero-order valence-corrected chi connectivity index (χ0v) is 13.8. The predicted molar refractivity (Wildman–Crippen MR) is 89.1 cm³/mol. The van der Waals surface area contributed by atoms with Gasteiger partial charge in [-0.15, -0.1) is 11.3 Å². The highest BCUT2D eigenvalue weighted by Crippen LogP contribution is 2.40. The van der Waals surface area contributed by atoms with E-state index < -0.39 is 23.8 Å². The first kappa shape index (κ1) is 15.0. The van der Waals surface area contributed by atoms with Crippen molar-refractivity contribution in [3.63, 3.8) is 0 Å². The summed E-state index contributed by atoms with van der Waals surface area (Å²) in [5.41, 5.74) is 1.68. The van der Waals surface area contributed by atoms with Crippen molar-refractivity contribution in [3.8, 4) is 0 Å². The van der Waals surface area contributed by atoms with Gasteiger partial charge in [-0.2, -0.15) is 0 Å². The number of imide groups is 1. The summed E-state index contributed by atoms with van der Waals surface area (Å²) in [6, 6.07) is 5.71. The van der Waals surface area contributed by atoms with Crippen LogP contribution in [0.1, 0.15) is 52.1 Å². The van der Waals surface area contributed by atoms with Crippen molar-refractivity contribution in [2.24, 2.45) is 0 Å². The number of hydrogen-bond acceptors (Lipinski definition) is 5. The van der Waals surface area contributed by atoms with Crippen LogP contribution in [0.15, 0.2) is 29.6 Å². The largest absolute Gasteiger partial charge is 0.300 e. The highest BCUT2D eigenvalue weighted by atomic mass is 32.1. The average molecular weight is 341 g/mol.